The molecule has 0 aliphatic rings. The molecule has 2 nitrogen and oxygen atoms in total. The Morgan fingerprint density at radius 3 is 2.30 bits per heavy atom. The summed E-state index contributed by atoms with van der Waals surface area (Å²) in [7, 11) is -1.43. The van der Waals surface area contributed by atoms with Crippen LogP contribution in [0.15, 0.2) is 0 Å². The van der Waals surface area contributed by atoms with E-state index in [1.165, 1.54) is 0 Å². The van der Waals surface area contributed by atoms with Crippen molar-refractivity contribution in [2.24, 2.45) is 5.73 Å². The van der Waals surface area contributed by atoms with Gasteiger partial charge in [-0.25, -0.2) is 0 Å². The highest BCUT2D eigenvalue weighted by molar-refractivity contribution is 6.72. The molecule has 0 aromatic heterocycles. The summed E-state index contributed by atoms with van der Waals surface area (Å²) in [5.41, 5.74) is 6.11. The summed E-state index contributed by atoms with van der Waals surface area (Å²) in [5.74, 6) is 0. The van der Waals surface area contributed by atoms with Crippen LogP contribution in [0.1, 0.15) is 13.8 Å². The van der Waals surface area contributed by atoms with Gasteiger partial charge in [0, 0.05) is 6.61 Å². The molecule has 0 saturated heterocycles. The van der Waals surface area contributed by atoms with Crippen molar-refractivity contribution in [3.63, 3.8) is 0 Å². The zero-order valence-corrected chi connectivity index (χ0v) is 8.48. The molecule has 3 heteroatoms. The first-order chi connectivity index (χ1) is 4.54. The Labute approximate surface area is 64.9 Å². The highest BCUT2D eigenvalue weighted by Gasteiger charge is 2.28. The van der Waals surface area contributed by atoms with Gasteiger partial charge in [0.1, 0.15) is 0 Å². The third-order valence-electron chi connectivity index (χ3n) is 2.06. The van der Waals surface area contributed by atoms with Gasteiger partial charge in [0.05, 0.1) is 0 Å². The van der Waals surface area contributed by atoms with Gasteiger partial charge in [-0.2, -0.15) is 0 Å². The maximum atomic E-state index is 5.64. The normalized spacial score (nSPS) is 15.3. The van der Waals surface area contributed by atoms with Gasteiger partial charge in [-0.1, -0.05) is 6.92 Å². The molecule has 0 rings (SSSR count). The quantitative estimate of drug-likeness (QED) is 0.635. The summed E-state index contributed by atoms with van der Waals surface area (Å²) >= 11 is 0. The maximum Gasteiger partial charge on any atom is 0.190 e. The van der Waals surface area contributed by atoms with Crippen molar-refractivity contribution >= 4 is 8.32 Å². The van der Waals surface area contributed by atoms with E-state index in [1.54, 1.807) is 0 Å². The zero-order chi connectivity index (χ0) is 8.20. The van der Waals surface area contributed by atoms with Crippen LogP contribution in [0.25, 0.3) is 0 Å². The van der Waals surface area contributed by atoms with Crippen molar-refractivity contribution in [2.75, 3.05) is 13.2 Å². The maximum absolute atomic E-state index is 5.64. The zero-order valence-electron chi connectivity index (χ0n) is 7.48. The third kappa shape index (κ3) is 2.81. The van der Waals surface area contributed by atoms with Crippen LogP contribution in [0.4, 0.5) is 0 Å². The van der Waals surface area contributed by atoms with Gasteiger partial charge < -0.3 is 10.2 Å². The second-order valence-electron chi connectivity index (χ2n) is 3.17. The van der Waals surface area contributed by atoms with Crippen LogP contribution in [0, 0.1) is 0 Å². The van der Waals surface area contributed by atoms with E-state index in [9.17, 15) is 0 Å². The highest BCUT2D eigenvalue weighted by Crippen LogP contribution is 2.20. The first-order valence-electron chi connectivity index (χ1n) is 3.88. The van der Waals surface area contributed by atoms with Crippen LogP contribution in [-0.4, -0.2) is 21.5 Å². The fraction of sp³-hybridized carbons (Fsp3) is 1.00. The van der Waals surface area contributed by atoms with Crippen LogP contribution < -0.4 is 5.73 Å². The lowest BCUT2D eigenvalue weighted by atomic mass is 10.5. The van der Waals surface area contributed by atoms with E-state index in [-0.39, 0.29) is 0 Å². The van der Waals surface area contributed by atoms with E-state index < -0.39 is 8.32 Å². The second kappa shape index (κ2) is 4.11. The van der Waals surface area contributed by atoms with Crippen LogP contribution in [-0.2, 0) is 4.43 Å². The molecule has 0 fully saturated rings. The van der Waals surface area contributed by atoms with Crippen LogP contribution in [0.3, 0.4) is 0 Å². The number of nitrogens with two attached hydrogens (primary N) is 1. The summed E-state index contributed by atoms with van der Waals surface area (Å²) in [6.45, 7) is 10.2. The van der Waals surface area contributed by atoms with E-state index in [0.717, 1.165) is 13.2 Å². The topological polar surface area (TPSA) is 35.2 Å². The lowest BCUT2D eigenvalue weighted by Gasteiger charge is -2.27. The van der Waals surface area contributed by atoms with Crippen molar-refractivity contribution < 1.29 is 4.43 Å². The van der Waals surface area contributed by atoms with Gasteiger partial charge in [0.2, 0.25) is 0 Å². The predicted octanol–water partition coefficient (Wildman–Crippen LogP) is 1.58. The Hall–Kier alpha value is 0.137. The third-order valence-corrected chi connectivity index (χ3v) is 5.70. The summed E-state index contributed by atoms with van der Waals surface area (Å²) in [6, 6.07) is 0. The molecule has 0 aromatic rings. The first-order valence-corrected chi connectivity index (χ1v) is 6.87. The van der Waals surface area contributed by atoms with Crippen molar-refractivity contribution in [2.45, 2.75) is 32.5 Å². The van der Waals surface area contributed by atoms with Gasteiger partial charge in [0.15, 0.2) is 8.32 Å². The lowest BCUT2D eigenvalue weighted by molar-refractivity contribution is 0.321. The van der Waals surface area contributed by atoms with Gasteiger partial charge >= 0.3 is 0 Å². The molecule has 0 aliphatic carbocycles. The second-order valence-corrected chi connectivity index (χ2v) is 7.65. The van der Waals surface area contributed by atoms with Crippen molar-refractivity contribution in [3.8, 4) is 0 Å². The molecule has 1 atom stereocenters. The summed E-state index contributed by atoms with van der Waals surface area (Å²) in [6.07, 6.45) is 0. The highest BCUT2D eigenvalue weighted by atomic mass is 28.4. The van der Waals surface area contributed by atoms with Crippen LogP contribution in [0.5, 0.6) is 0 Å². The molecule has 0 radical (unpaired) electrons. The molecule has 0 aliphatic heterocycles. The molecule has 0 aromatic carbocycles. The van der Waals surface area contributed by atoms with Gasteiger partial charge in [0.25, 0.3) is 0 Å². The number of rotatable bonds is 4. The average Bonchev–Trinajstić information content (AvgIpc) is 1.86. The van der Waals surface area contributed by atoms with Crippen LogP contribution in [0.2, 0.25) is 18.6 Å². The number of hydrogen-bond acceptors (Lipinski definition) is 2. The van der Waals surface area contributed by atoms with Gasteiger partial charge in [-0.15, -0.1) is 0 Å². The monoisotopic (exact) mass is 161 g/mol. The Morgan fingerprint density at radius 2 is 2.00 bits per heavy atom. The Morgan fingerprint density at radius 1 is 1.50 bits per heavy atom. The fourth-order valence-corrected chi connectivity index (χ4v) is 2.39. The minimum Gasteiger partial charge on any atom is -0.417 e. The largest absolute Gasteiger partial charge is 0.417 e. The fourth-order valence-electron chi connectivity index (χ4n) is 0.798. The first kappa shape index (κ1) is 10.1. The molecule has 0 amide bonds. The van der Waals surface area contributed by atoms with Crippen molar-refractivity contribution in [1.82, 2.24) is 0 Å². The molecule has 0 heterocycles. The van der Waals surface area contributed by atoms with Crippen molar-refractivity contribution in [3.05, 3.63) is 0 Å². The summed E-state index contributed by atoms with van der Waals surface area (Å²) in [4.78, 5) is 0. The molecule has 10 heavy (non-hydrogen) atoms. The standard InChI is InChI=1S/C7H19NOSi/c1-5-9-10(3,4)7(2)6-8/h7H,5-6,8H2,1-4H3/t7-/m0/s1. The molecule has 2 N–H and O–H groups in total. The summed E-state index contributed by atoms with van der Waals surface area (Å²) < 4.78 is 5.64. The van der Waals surface area contributed by atoms with E-state index in [2.05, 4.69) is 20.0 Å². The minimum absolute atomic E-state index is 0.562. The SMILES string of the molecule is CCO[Si](C)(C)[C@@H](C)CN. The molecule has 0 unspecified atom stereocenters. The van der Waals surface area contributed by atoms with E-state index in [1.807, 2.05) is 6.92 Å². The Bertz CT molecular complexity index is 95.6. The average molecular weight is 161 g/mol. The Balaban J connectivity index is 3.82. The van der Waals surface area contributed by atoms with Crippen molar-refractivity contribution in [1.29, 1.82) is 0 Å². The lowest BCUT2D eigenvalue weighted by Crippen LogP contribution is -2.38. The van der Waals surface area contributed by atoms with E-state index in [0.29, 0.717) is 5.54 Å². The van der Waals surface area contributed by atoms with Gasteiger partial charge in [-0.05, 0) is 32.1 Å². The van der Waals surface area contributed by atoms with E-state index in [4.69, 9.17) is 10.2 Å². The number of hydrogen-bond donors (Lipinski definition) is 1. The van der Waals surface area contributed by atoms with Gasteiger partial charge in [-0.3, -0.25) is 0 Å². The Kier molecular flexibility index (Phi) is 4.16. The minimum atomic E-state index is -1.43. The summed E-state index contributed by atoms with van der Waals surface area (Å²) in [5, 5.41) is 0. The molecule has 0 spiro atoms. The molecular weight excluding hydrogens is 142 g/mol. The van der Waals surface area contributed by atoms with Crippen LogP contribution >= 0.6 is 0 Å². The van der Waals surface area contributed by atoms with E-state index >= 15 is 0 Å². The molecule has 0 saturated carbocycles. The molecular formula is C7H19NOSi. The predicted molar refractivity (Wildman–Crippen MR) is 47.6 cm³/mol. The molecule has 62 valence electrons. The molecule has 0 bridgehead atoms. The smallest absolute Gasteiger partial charge is 0.190 e.